The summed E-state index contributed by atoms with van der Waals surface area (Å²) in [7, 11) is 0. The van der Waals surface area contributed by atoms with E-state index in [1.54, 1.807) is 35.5 Å². The van der Waals surface area contributed by atoms with Crippen molar-refractivity contribution in [2.45, 2.75) is 19.1 Å². The van der Waals surface area contributed by atoms with Gasteiger partial charge in [-0.25, -0.2) is 14.8 Å². The second kappa shape index (κ2) is 7.54. The van der Waals surface area contributed by atoms with Gasteiger partial charge in [-0.1, -0.05) is 18.2 Å². The molecule has 8 heteroatoms. The molecule has 0 fully saturated rings. The van der Waals surface area contributed by atoms with Crippen LogP contribution in [0.4, 0.5) is 18.0 Å². The molecule has 3 aromatic rings. The molecule has 0 aliphatic carbocycles. The second-order valence-electron chi connectivity index (χ2n) is 6.60. The molecule has 5 nitrogen and oxygen atoms in total. The van der Waals surface area contributed by atoms with Crippen LogP contribution in [0.25, 0.3) is 11.1 Å². The van der Waals surface area contributed by atoms with Crippen LogP contribution in [0.1, 0.15) is 17.0 Å². The Hall–Kier alpha value is -3.42. The van der Waals surface area contributed by atoms with E-state index in [-0.39, 0.29) is 0 Å². The Kier molecular flexibility index (Phi) is 4.92. The first kappa shape index (κ1) is 18.9. The maximum Gasteiger partial charge on any atom is 0.416 e. The van der Waals surface area contributed by atoms with E-state index in [2.05, 4.69) is 9.97 Å². The van der Waals surface area contributed by atoms with Crippen LogP contribution in [-0.4, -0.2) is 27.5 Å². The van der Waals surface area contributed by atoms with Gasteiger partial charge < -0.3 is 9.64 Å². The monoisotopic (exact) mass is 399 g/mol. The summed E-state index contributed by atoms with van der Waals surface area (Å²) in [5.41, 5.74) is 1.50. The van der Waals surface area contributed by atoms with E-state index in [9.17, 15) is 18.0 Å². The number of hydrogen-bond acceptors (Lipinski definition) is 4. The molecule has 29 heavy (non-hydrogen) atoms. The maximum atomic E-state index is 12.8. The summed E-state index contributed by atoms with van der Waals surface area (Å²) in [6.45, 7) is 0.738. The highest BCUT2D eigenvalue weighted by atomic mass is 19.4. The van der Waals surface area contributed by atoms with E-state index >= 15 is 0 Å². The summed E-state index contributed by atoms with van der Waals surface area (Å²) in [6, 6.07) is 11.9. The van der Waals surface area contributed by atoms with Crippen molar-refractivity contribution in [2.75, 3.05) is 6.54 Å². The minimum Gasteiger partial charge on any atom is -0.410 e. The lowest BCUT2D eigenvalue weighted by Crippen LogP contribution is -2.38. The minimum absolute atomic E-state index is 0.343. The van der Waals surface area contributed by atoms with Gasteiger partial charge in [0, 0.05) is 30.9 Å². The number of ether oxygens (including phenoxy) is 1. The summed E-state index contributed by atoms with van der Waals surface area (Å²) < 4.78 is 43.7. The first-order chi connectivity index (χ1) is 13.9. The van der Waals surface area contributed by atoms with E-state index in [1.165, 1.54) is 12.1 Å². The molecule has 4 rings (SSSR count). The number of amides is 1. The average molecular weight is 399 g/mol. The van der Waals surface area contributed by atoms with Gasteiger partial charge in [-0.05, 0) is 41.5 Å². The number of nitrogens with zero attached hydrogens (tertiary/aromatic N) is 3. The van der Waals surface area contributed by atoms with Gasteiger partial charge in [0.2, 0.25) is 0 Å². The van der Waals surface area contributed by atoms with Gasteiger partial charge in [0.1, 0.15) is 11.6 Å². The Morgan fingerprint density at radius 3 is 2.38 bits per heavy atom. The summed E-state index contributed by atoms with van der Waals surface area (Å²) in [5, 5.41) is 0. The standard InChI is InChI=1S/C21H16F3N3O2/c22-21(23,24)17-5-2-14(3-6-17)15-4-7-18-16(12-15)13-27(20(28)29-18)11-8-19-25-9-1-10-26-19/h1-7,9-10,12H,8,11,13H2. The van der Waals surface area contributed by atoms with Crippen molar-refractivity contribution in [2.24, 2.45) is 0 Å². The molecule has 0 atom stereocenters. The first-order valence-electron chi connectivity index (χ1n) is 8.93. The smallest absolute Gasteiger partial charge is 0.410 e. The molecule has 1 amide bonds. The van der Waals surface area contributed by atoms with Crippen molar-refractivity contribution in [3.05, 3.63) is 77.9 Å². The number of benzene rings is 2. The third-order valence-electron chi connectivity index (χ3n) is 4.65. The van der Waals surface area contributed by atoms with Crippen LogP contribution in [0.15, 0.2) is 60.9 Å². The van der Waals surface area contributed by atoms with Crippen LogP contribution < -0.4 is 4.74 Å². The highest BCUT2D eigenvalue weighted by Gasteiger charge is 2.30. The van der Waals surface area contributed by atoms with Crippen molar-refractivity contribution in [3.63, 3.8) is 0 Å². The topological polar surface area (TPSA) is 55.3 Å². The van der Waals surface area contributed by atoms with Crippen LogP contribution in [0, 0.1) is 0 Å². The predicted molar refractivity (Wildman–Crippen MR) is 99.1 cm³/mol. The highest BCUT2D eigenvalue weighted by Crippen LogP contribution is 2.33. The van der Waals surface area contributed by atoms with Crippen molar-refractivity contribution in [3.8, 4) is 16.9 Å². The number of carbonyl (C=O) groups is 1. The summed E-state index contributed by atoms with van der Waals surface area (Å²) in [5.74, 6) is 1.09. The van der Waals surface area contributed by atoms with E-state index in [0.717, 1.165) is 23.3 Å². The van der Waals surface area contributed by atoms with Gasteiger partial charge >= 0.3 is 12.3 Å². The number of alkyl halides is 3. The fourth-order valence-corrected chi connectivity index (χ4v) is 3.13. The molecule has 2 aromatic carbocycles. The Labute approximate surface area is 164 Å². The first-order valence-corrected chi connectivity index (χ1v) is 8.93. The predicted octanol–water partition coefficient (Wildman–Crippen LogP) is 4.72. The van der Waals surface area contributed by atoms with Gasteiger partial charge in [0.05, 0.1) is 12.1 Å². The number of halogens is 3. The fourth-order valence-electron chi connectivity index (χ4n) is 3.13. The normalized spacial score (nSPS) is 13.8. The Morgan fingerprint density at radius 2 is 1.69 bits per heavy atom. The number of aromatic nitrogens is 2. The lowest BCUT2D eigenvalue weighted by molar-refractivity contribution is -0.137. The van der Waals surface area contributed by atoms with E-state index in [1.807, 2.05) is 6.07 Å². The molecular formula is C21H16F3N3O2. The lowest BCUT2D eigenvalue weighted by Gasteiger charge is -2.28. The van der Waals surface area contributed by atoms with E-state index in [0.29, 0.717) is 36.6 Å². The zero-order chi connectivity index (χ0) is 20.4. The molecule has 0 unspecified atom stereocenters. The third-order valence-corrected chi connectivity index (χ3v) is 4.65. The number of hydrogen-bond donors (Lipinski definition) is 0. The Balaban J connectivity index is 1.52. The Bertz CT molecular complexity index is 1020. The maximum absolute atomic E-state index is 12.8. The molecule has 0 saturated heterocycles. The third kappa shape index (κ3) is 4.21. The quantitative estimate of drug-likeness (QED) is 0.637. The van der Waals surface area contributed by atoms with Crippen molar-refractivity contribution < 1.29 is 22.7 Å². The number of fused-ring (bicyclic) bond motifs is 1. The highest BCUT2D eigenvalue weighted by molar-refractivity contribution is 5.75. The number of carbonyl (C=O) groups excluding carboxylic acids is 1. The van der Waals surface area contributed by atoms with Gasteiger partial charge in [-0.15, -0.1) is 0 Å². The molecule has 1 aliphatic rings. The molecule has 1 aliphatic heterocycles. The zero-order valence-electron chi connectivity index (χ0n) is 15.2. The minimum atomic E-state index is -4.37. The molecular weight excluding hydrogens is 383 g/mol. The molecule has 148 valence electrons. The fraction of sp³-hybridized carbons (Fsp3) is 0.190. The van der Waals surface area contributed by atoms with Crippen LogP contribution in [0.2, 0.25) is 0 Å². The average Bonchev–Trinajstić information content (AvgIpc) is 2.72. The van der Waals surface area contributed by atoms with Crippen LogP contribution in [-0.2, 0) is 19.1 Å². The van der Waals surface area contributed by atoms with Crippen molar-refractivity contribution >= 4 is 6.09 Å². The molecule has 2 heterocycles. The molecule has 0 saturated carbocycles. The summed E-state index contributed by atoms with van der Waals surface area (Å²) in [4.78, 5) is 22.1. The largest absolute Gasteiger partial charge is 0.416 e. The van der Waals surface area contributed by atoms with Crippen molar-refractivity contribution in [1.29, 1.82) is 0 Å². The molecule has 1 aromatic heterocycles. The van der Waals surface area contributed by atoms with Crippen LogP contribution in [0.5, 0.6) is 5.75 Å². The number of rotatable bonds is 4. The summed E-state index contributed by atoms with van der Waals surface area (Å²) in [6.07, 6.45) is -1.05. The lowest BCUT2D eigenvalue weighted by atomic mass is 10.0. The van der Waals surface area contributed by atoms with E-state index < -0.39 is 17.8 Å². The van der Waals surface area contributed by atoms with Crippen LogP contribution in [0.3, 0.4) is 0 Å². The van der Waals surface area contributed by atoms with Gasteiger partial charge in [-0.2, -0.15) is 13.2 Å². The van der Waals surface area contributed by atoms with Crippen molar-refractivity contribution in [1.82, 2.24) is 14.9 Å². The molecule has 0 N–H and O–H groups in total. The molecule has 0 radical (unpaired) electrons. The second-order valence-corrected chi connectivity index (χ2v) is 6.60. The SMILES string of the molecule is O=C1Oc2ccc(-c3ccc(C(F)(F)F)cc3)cc2CN1CCc1ncccn1. The Morgan fingerprint density at radius 1 is 1.00 bits per heavy atom. The summed E-state index contributed by atoms with van der Waals surface area (Å²) >= 11 is 0. The van der Waals surface area contributed by atoms with Gasteiger partial charge in [0.25, 0.3) is 0 Å². The molecule has 0 spiro atoms. The van der Waals surface area contributed by atoms with Gasteiger partial charge in [0.15, 0.2) is 0 Å². The molecule has 0 bridgehead atoms. The van der Waals surface area contributed by atoms with E-state index in [4.69, 9.17) is 4.74 Å². The van der Waals surface area contributed by atoms with Crippen LogP contribution >= 0.6 is 0 Å². The zero-order valence-corrected chi connectivity index (χ0v) is 15.2. The van der Waals surface area contributed by atoms with Gasteiger partial charge in [-0.3, -0.25) is 0 Å².